The molecule has 7 heteroatoms. The van der Waals surface area contributed by atoms with Crippen LogP contribution in [0.1, 0.15) is 6.92 Å². The molecule has 6 nitrogen and oxygen atoms in total. The highest BCUT2D eigenvalue weighted by Gasteiger charge is 2.28. The Kier molecular flexibility index (Phi) is 3.55. The Bertz CT molecular complexity index is 694. The molecule has 1 saturated heterocycles. The number of amides is 1. The summed E-state index contributed by atoms with van der Waals surface area (Å²) in [7, 11) is 0. The molecule has 2 aromatic rings. The van der Waals surface area contributed by atoms with Gasteiger partial charge in [-0.15, -0.1) is 10.2 Å². The van der Waals surface area contributed by atoms with Crippen molar-refractivity contribution in [2.75, 3.05) is 24.5 Å². The van der Waals surface area contributed by atoms with Crippen LogP contribution in [0.3, 0.4) is 0 Å². The second-order valence-electron chi connectivity index (χ2n) is 5.13. The number of nitrogens with zero attached hydrogens (tertiary/aromatic N) is 4. The normalized spacial score (nSPS) is 19.0. The maximum atomic E-state index is 11.1. The Balaban J connectivity index is 1.98. The van der Waals surface area contributed by atoms with Crippen LogP contribution in [0.25, 0.3) is 10.8 Å². The van der Waals surface area contributed by atoms with Crippen molar-refractivity contribution in [1.82, 2.24) is 15.1 Å². The van der Waals surface area contributed by atoms with Gasteiger partial charge in [-0.3, -0.25) is 0 Å². The van der Waals surface area contributed by atoms with Gasteiger partial charge >= 0.3 is 6.09 Å². The minimum absolute atomic E-state index is 0.0359. The number of fused-ring (bicyclic) bond motifs is 1. The fourth-order valence-electron chi connectivity index (χ4n) is 2.72. The molecule has 110 valence electrons. The van der Waals surface area contributed by atoms with Crippen LogP contribution in [0.15, 0.2) is 24.3 Å². The van der Waals surface area contributed by atoms with Crippen LogP contribution in [0, 0.1) is 0 Å². The van der Waals surface area contributed by atoms with Crippen molar-refractivity contribution in [3.8, 4) is 0 Å². The van der Waals surface area contributed by atoms with Crippen LogP contribution in [-0.4, -0.2) is 52.0 Å². The lowest BCUT2D eigenvalue weighted by atomic mass is 10.1. The molecule has 1 N–H and O–H groups in total. The van der Waals surface area contributed by atoms with Crippen LogP contribution >= 0.6 is 11.6 Å². The third-order valence-electron chi connectivity index (χ3n) is 3.79. The Hall–Kier alpha value is -2.08. The smallest absolute Gasteiger partial charge is 0.407 e. The minimum Gasteiger partial charge on any atom is -0.465 e. The second kappa shape index (κ2) is 5.37. The van der Waals surface area contributed by atoms with Crippen molar-refractivity contribution in [2.45, 2.75) is 13.0 Å². The highest BCUT2D eigenvalue weighted by atomic mass is 35.5. The summed E-state index contributed by atoms with van der Waals surface area (Å²) in [5, 5.41) is 19.5. The van der Waals surface area contributed by atoms with E-state index in [0.29, 0.717) is 24.8 Å². The van der Waals surface area contributed by atoms with Gasteiger partial charge in [0.2, 0.25) is 0 Å². The first-order chi connectivity index (χ1) is 10.1. The number of anilines is 1. The van der Waals surface area contributed by atoms with Crippen molar-refractivity contribution < 1.29 is 9.90 Å². The molecule has 1 unspecified atom stereocenters. The Labute approximate surface area is 126 Å². The molecule has 0 spiro atoms. The maximum Gasteiger partial charge on any atom is 0.407 e. The summed E-state index contributed by atoms with van der Waals surface area (Å²) in [5.41, 5.74) is 0. The van der Waals surface area contributed by atoms with Gasteiger partial charge in [0.15, 0.2) is 11.0 Å². The van der Waals surface area contributed by atoms with Gasteiger partial charge < -0.3 is 14.9 Å². The van der Waals surface area contributed by atoms with Gasteiger partial charge in [0.25, 0.3) is 0 Å². The van der Waals surface area contributed by atoms with E-state index in [1.807, 2.05) is 31.2 Å². The molecule has 3 rings (SSSR count). The molecule has 0 bridgehead atoms. The van der Waals surface area contributed by atoms with E-state index in [0.717, 1.165) is 16.6 Å². The summed E-state index contributed by atoms with van der Waals surface area (Å²) in [4.78, 5) is 14.6. The van der Waals surface area contributed by atoms with Gasteiger partial charge in [-0.2, -0.15) is 0 Å². The molecule has 0 radical (unpaired) electrons. The first kappa shape index (κ1) is 13.9. The summed E-state index contributed by atoms with van der Waals surface area (Å²) >= 11 is 6.09. The zero-order valence-electron chi connectivity index (χ0n) is 11.5. The van der Waals surface area contributed by atoms with Crippen LogP contribution in [0.4, 0.5) is 10.6 Å². The van der Waals surface area contributed by atoms with Crippen molar-refractivity contribution in [3.63, 3.8) is 0 Å². The fraction of sp³-hybridized carbons (Fsp3) is 0.357. The van der Waals surface area contributed by atoms with E-state index in [1.165, 1.54) is 4.90 Å². The first-order valence-electron chi connectivity index (χ1n) is 6.73. The summed E-state index contributed by atoms with van der Waals surface area (Å²) in [6.45, 7) is 3.49. The lowest BCUT2D eigenvalue weighted by Gasteiger charge is -2.39. The topological polar surface area (TPSA) is 69.6 Å². The summed E-state index contributed by atoms with van der Waals surface area (Å²) in [6, 6.07) is 7.75. The molecule has 1 fully saturated rings. The number of carboxylic acid groups (broad SMARTS) is 1. The van der Waals surface area contributed by atoms with E-state index in [-0.39, 0.29) is 6.04 Å². The molecule has 1 amide bonds. The molecule has 2 heterocycles. The summed E-state index contributed by atoms with van der Waals surface area (Å²) in [6.07, 6.45) is -0.881. The largest absolute Gasteiger partial charge is 0.465 e. The molecule has 1 aliphatic heterocycles. The van der Waals surface area contributed by atoms with Gasteiger partial charge in [-0.05, 0) is 6.92 Å². The maximum absolute atomic E-state index is 11.1. The van der Waals surface area contributed by atoms with Gasteiger partial charge in [0.1, 0.15) is 0 Å². The predicted octanol–water partition coefficient (Wildman–Crippen LogP) is 2.47. The number of carbonyl (C=O) groups is 1. The SMILES string of the molecule is CC1CN(C(=O)O)CCN1c1nnc(Cl)c2ccccc12. The van der Waals surface area contributed by atoms with Crippen molar-refractivity contribution >= 4 is 34.3 Å². The van der Waals surface area contributed by atoms with E-state index >= 15 is 0 Å². The van der Waals surface area contributed by atoms with E-state index in [1.54, 1.807) is 0 Å². The Morgan fingerprint density at radius 2 is 2.00 bits per heavy atom. The molecule has 1 aromatic heterocycles. The molecular formula is C14H15ClN4O2. The number of rotatable bonds is 1. The Morgan fingerprint density at radius 1 is 1.29 bits per heavy atom. The monoisotopic (exact) mass is 306 g/mol. The zero-order valence-corrected chi connectivity index (χ0v) is 12.3. The van der Waals surface area contributed by atoms with Gasteiger partial charge in [0, 0.05) is 36.4 Å². The fourth-order valence-corrected chi connectivity index (χ4v) is 2.92. The first-order valence-corrected chi connectivity index (χ1v) is 7.11. The number of halogens is 1. The predicted molar refractivity (Wildman–Crippen MR) is 81.0 cm³/mol. The quantitative estimate of drug-likeness (QED) is 0.876. The minimum atomic E-state index is -0.881. The third kappa shape index (κ3) is 2.47. The average molecular weight is 307 g/mol. The molecule has 0 aliphatic carbocycles. The highest BCUT2D eigenvalue weighted by molar-refractivity contribution is 6.34. The van der Waals surface area contributed by atoms with Crippen LogP contribution in [-0.2, 0) is 0 Å². The third-order valence-corrected chi connectivity index (χ3v) is 4.07. The average Bonchev–Trinajstić information content (AvgIpc) is 2.48. The van der Waals surface area contributed by atoms with E-state index in [9.17, 15) is 4.79 Å². The second-order valence-corrected chi connectivity index (χ2v) is 5.49. The molecule has 1 aliphatic rings. The lowest BCUT2D eigenvalue weighted by molar-refractivity contribution is 0.136. The van der Waals surface area contributed by atoms with Gasteiger partial charge in [-0.25, -0.2) is 4.79 Å². The van der Waals surface area contributed by atoms with Gasteiger partial charge in [0.05, 0.1) is 0 Å². The standard InChI is InChI=1S/C14H15ClN4O2/c1-9-8-18(14(20)21)6-7-19(9)13-11-5-3-2-4-10(11)12(15)16-17-13/h2-5,9H,6-8H2,1H3,(H,20,21). The van der Waals surface area contributed by atoms with Crippen molar-refractivity contribution in [1.29, 1.82) is 0 Å². The van der Waals surface area contributed by atoms with E-state index in [4.69, 9.17) is 16.7 Å². The van der Waals surface area contributed by atoms with Gasteiger partial charge in [-0.1, -0.05) is 35.9 Å². The van der Waals surface area contributed by atoms with Crippen molar-refractivity contribution in [2.24, 2.45) is 0 Å². The highest BCUT2D eigenvalue weighted by Crippen LogP contribution is 2.30. The van der Waals surface area contributed by atoms with Crippen LogP contribution < -0.4 is 4.90 Å². The number of hydrogen-bond donors (Lipinski definition) is 1. The molecular weight excluding hydrogens is 292 g/mol. The van der Waals surface area contributed by atoms with Crippen molar-refractivity contribution in [3.05, 3.63) is 29.4 Å². The number of piperazine rings is 1. The van der Waals surface area contributed by atoms with E-state index in [2.05, 4.69) is 15.1 Å². The van der Waals surface area contributed by atoms with Crippen LogP contribution in [0.2, 0.25) is 5.15 Å². The van der Waals surface area contributed by atoms with E-state index < -0.39 is 6.09 Å². The summed E-state index contributed by atoms with van der Waals surface area (Å²) in [5.74, 6) is 0.757. The lowest BCUT2D eigenvalue weighted by Crippen LogP contribution is -2.53. The molecule has 1 atom stereocenters. The molecule has 1 aromatic carbocycles. The summed E-state index contributed by atoms with van der Waals surface area (Å²) < 4.78 is 0. The van der Waals surface area contributed by atoms with Crippen LogP contribution in [0.5, 0.6) is 0 Å². The molecule has 0 saturated carbocycles. The molecule has 21 heavy (non-hydrogen) atoms. The number of benzene rings is 1. The zero-order chi connectivity index (χ0) is 15.0. The number of aromatic nitrogens is 2. The Morgan fingerprint density at radius 3 is 2.67 bits per heavy atom. The number of hydrogen-bond acceptors (Lipinski definition) is 4.